The zero-order chi connectivity index (χ0) is 14.8. The molecule has 0 aliphatic heterocycles. The van der Waals surface area contributed by atoms with Crippen molar-refractivity contribution in [3.8, 4) is 11.3 Å². The molecule has 0 atom stereocenters. The minimum Gasteiger partial charge on any atom is -0.462 e. The van der Waals surface area contributed by atoms with Crippen LogP contribution in [0.1, 0.15) is 17.3 Å². The van der Waals surface area contributed by atoms with Gasteiger partial charge in [0, 0.05) is 16.8 Å². The summed E-state index contributed by atoms with van der Waals surface area (Å²) >= 11 is 6.23. The first-order valence-electron chi connectivity index (χ1n) is 6.46. The average molecular weight is 302 g/mol. The fraction of sp³-hybridized carbons (Fsp3) is 0.133. The number of carbonyl (C=O) groups is 1. The largest absolute Gasteiger partial charge is 0.462 e. The first-order chi connectivity index (χ1) is 10.2. The molecule has 0 unspecified atom stereocenters. The summed E-state index contributed by atoms with van der Waals surface area (Å²) in [5.41, 5.74) is 2.33. The Morgan fingerprint density at radius 1 is 1.33 bits per heavy atom. The van der Waals surface area contributed by atoms with Gasteiger partial charge in [0.1, 0.15) is 12.0 Å². The molecule has 0 spiro atoms. The fourth-order valence-corrected chi connectivity index (χ4v) is 2.42. The third-order valence-corrected chi connectivity index (χ3v) is 3.42. The van der Waals surface area contributed by atoms with Gasteiger partial charge in [-0.15, -0.1) is 0 Å². The van der Waals surface area contributed by atoms with Crippen LogP contribution in [0.25, 0.3) is 22.3 Å². The van der Waals surface area contributed by atoms with E-state index in [1.54, 1.807) is 19.2 Å². The second-order valence-electron chi connectivity index (χ2n) is 4.35. The molecule has 3 rings (SSSR count). The van der Waals surface area contributed by atoms with Gasteiger partial charge in [-0.25, -0.2) is 14.8 Å². The van der Waals surface area contributed by atoms with E-state index in [0.717, 1.165) is 5.56 Å². The van der Waals surface area contributed by atoms with Crippen LogP contribution in [0.4, 0.5) is 0 Å². The molecular weight excluding hydrogens is 290 g/mol. The van der Waals surface area contributed by atoms with Gasteiger partial charge in [0.2, 0.25) is 0 Å². The number of rotatable bonds is 3. The van der Waals surface area contributed by atoms with E-state index in [4.69, 9.17) is 16.3 Å². The van der Waals surface area contributed by atoms with Crippen LogP contribution in [-0.4, -0.2) is 27.5 Å². The van der Waals surface area contributed by atoms with Gasteiger partial charge in [0.25, 0.3) is 0 Å². The Kier molecular flexibility index (Phi) is 3.58. The van der Waals surface area contributed by atoms with E-state index < -0.39 is 5.97 Å². The Labute approximate surface area is 125 Å². The highest BCUT2D eigenvalue weighted by Gasteiger charge is 2.19. The van der Waals surface area contributed by atoms with Crippen molar-refractivity contribution in [1.29, 1.82) is 0 Å². The lowest BCUT2D eigenvalue weighted by Gasteiger charge is -2.06. The van der Waals surface area contributed by atoms with Crippen molar-refractivity contribution in [2.24, 2.45) is 0 Å². The van der Waals surface area contributed by atoms with Crippen LogP contribution in [0.5, 0.6) is 0 Å². The van der Waals surface area contributed by atoms with E-state index in [1.807, 2.05) is 18.2 Å². The second kappa shape index (κ2) is 5.54. The molecule has 0 aliphatic rings. The van der Waals surface area contributed by atoms with Crippen molar-refractivity contribution >= 4 is 28.6 Å². The lowest BCUT2D eigenvalue weighted by atomic mass is 10.1. The Bertz CT molecular complexity index is 814. The van der Waals surface area contributed by atoms with Crippen LogP contribution in [-0.2, 0) is 4.74 Å². The summed E-state index contributed by atoms with van der Waals surface area (Å²) in [4.78, 5) is 23.5. The van der Waals surface area contributed by atoms with E-state index in [2.05, 4.69) is 15.0 Å². The molecule has 2 heterocycles. The lowest BCUT2D eigenvalue weighted by Crippen LogP contribution is -2.04. The molecule has 0 fully saturated rings. The van der Waals surface area contributed by atoms with Crippen LogP contribution in [0.2, 0.25) is 5.02 Å². The number of aromatic nitrogens is 3. The normalized spacial score (nSPS) is 10.8. The SMILES string of the molecule is CCOC(=O)c1c[nH]c2ncnc(-c3ccccc3Cl)c12. The molecule has 21 heavy (non-hydrogen) atoms. The van der Waals surface area contributed by atoms with Crippen molar-refractivity contribution in [3.63, 3.8) is 0 Å². The monoisotopic (exact) mass is 301 g/mol. The van der Waals surface area contributed by atoms with E-state index in [1.165, 1.54) is 6.33 Å². The lowest BCUT2D eigenvalue weighted by molar-refractivity contribution is 0.0528. The summed E-state index contributed by atoms with van der Waals surface area (Å²) in [5.74, 6) is -0.410. The number of H-pyrrole nitrogens is 1. The minimum absolute atomic E-state index is 0.306. The van der Waals surface area contributed by atoms with E-state index in [0.29, 0.717) is 33.9 Å². The predicted octanol–water partition coefficient (Wildman–Crippen LogP) is 3.46. The van der Waals surface area contributed by atoms with Gasteiger partial charge in [0.05, 0.1) is 23.3 Å². The molecule has 0 saturated carbocycles. The first-order valence-corrected chi connectivity index (χ1v) is 6.84. The van der Waals surface area contributed by atoms with Crippen LogP contribution < -0.4 is 0 Å². The highest BCUT2D eigenvalue weighted by molar-refractivity contribution is 6.33. The highest BCUT2D eigenvalue weighted by Crippen LogP contribution is 2.32. The van der Waals surface area contributed by atoms with Crippen LogP contribution >= 0.6 is 11.6 Å². The number of aromatic amines is 1. The maximum atomic E-state index is 12.1. The van der Waals surface area contributed by atoms with Crippen molar-refractivity contribution in [2.75, 3.05) is 6.61 Å². The summed E-state index contributed by atoms with van der Waals surface area (Å²) in [5, 5.41) is 1.18. The van der Waals surface area contributed by atoms with Crippen molar-refractivity contribution < 1.29 is 9.53 Å². The second-order valence-corrected chi connectivity index (χ2v) is 4.76. The number of esters is 1. The topological polar surface area (TPSA) is 67.9 Å². The van der Waals surface area contributed by atoms with Crippen molar-refractivity contribution in [3.05, 3.63) is 47.4 Å². The van der Waals surface area contributed by atoms with Gasteiger partial charge in [-0.2, -0.15) is 0 Å². The first kappa shape index (κ1) is 13.6. The molecule has 0 saturated heterocycles. The third-order valence-electron chi connectivity index (χ3n) is 3.09. The summed E-state index contributed by atoms with van der Waals surface area (Å²) < 4.78 is 5.07. The molecule has 5 nitrogen and oxygen atoms in total. The van der Waals surface area contributed by atoms with Gasteiger partial charge in [-0.1, -0.05) is 29.8 Å². The molecule has 0 aliphatic carbocycles. The summed E-state index contributed by atoms with van der Waals surface area (Å²) in [6.45, 7) is 2.07. The number of halogens is 1. The highest BCUT2D eigenvalue weighted by atomic mass is 35.5. The van der Waals surface area contributed by atoms with Gasteiger partial charge >= 0.3 is 5.97 Å². The average Bonchev–Trinajstić information content (AvgIpc) is 2.92. The number of nitrogens with one attached hydrogen (secondary N) is 1. The molecule has 6 heteroatoms. The van der Waals surface area contributed by atoms with Gasteiger partial charge in [-0.3, -0.25) is 0 Å². The number of hydrogen-bond acceptors (Lipinski definition) is 4. The summed E-state index contributed by atoms with van der Waals surface area (Å²) in [6.07, 6.45) is 3.02. The third kappa shape index (κ3) is 2.36. The zero-order valence-corrected chi connectivity index (χ0v) is 12.0. The molecule has 0 radical (unpaired) electrons. The predicted molar refractivity (Wildman–Crippen MR) is 80.3 cm³/mol. The van der Waals surface area contributed by atoms with Gasteiger partial charge in [-0.05, 0) is 13.0 Å². The number of ether oxygens (including phenoxy) is 1. The Balaban J connectivity index is 2.26. The molecule has 106 valence electrons. The Morgan fingerprint density at radius 2 is 2.14 bits per heavy atom. The molecule has 1 N–H and O–H groups in total. The van der Waals surface area contributed by atoms with Gasteiger partial charge in [0.15, 0.2) is 0 Å². The Morgan fingerprint density at radius 3 is 2.90 bits per heavy atom. The number of carbonyl (C=O) groups excluding carboxylic acids is 1. The molecule has 1 aromatic carbocycles. The molecule has 2 aromatic heterocycles. The number of fused-ring (bicyclic) bond motifs is 1. The quantitative estimate of drug-likeness (QED) is 0.752. The molecular formula is C15H12ClN3O2. The maximum absolute atomic E-state index is 12.1. The van der Waals surface area contributed by atoms with Crippen LogP contribution in [0, 0.1) is 0 Å². The summed E-state index contributed by atoms with van der Waals surface area (Å²) in [7, 11) is 0. The van der Waals surface area contributed by atoms with E-state index in [-0.39, 0.29) is 0 Å². The summed E-state index contributed by atoms with van der Waals surface area (Å²) in [6, 6.07) is 7.34. The molecule has 0 amide bonds. The van der Waals surface area contributed by atoms with Crippen LogP contribution in [0.3, 0.4) is 0 Å². The number of benzene rings is 1. The van der Waals surface area contributed by atoms with Crippen LogP contribution in [0.15, 0.2) is 36.8 Å². The maximum Gasteiger partial charge on any atom is 0.340 e. The standard InChI is InChI=1S/C15H12ClN3O2/c1-2-21-15(20)10-7-17-14-12(10)13(18-8-19-14)9-5-3-4-6-11(9)16/h3-8H,2H2,1H3,(H,17,18,19). The van der Waals surface area contributed by atoms with E-state index >= 15 is 0 Å². The molecule has 0 bridgehead atoms. The Hall–Kier alpha value is -2.40. The minimum atomic E-state index is -0.410. The number of hydrogen-bond donors (Lipinski definition) is 1. The fourth-order valence-electron chi connectivity index (χ4n) is 2.19. The van der Waals surface area contributed by atoms with E-state index in [9.17, 15) is 4.79 Å². The van der Waals surface area contributed by atoms with Gasteiger partial charge < -0.3 is 9.72 Å². The zero-order valence-electron chi connectivity index (χ0n) is 11.3. The van der Waals surface area contributed by atoms with Crippen molar-refractivity contribution in [1.82, 2.24) is 15.0 Å². The van der Waals surface area contributed by atoms with Crippen molar-refractivity contribution in [2.45, 2.75) is 6.92 Å². The smallest absolute Gasteiger partial charge is 0.340 e. The molecule has 3 aromatic rings. The number of nitrogens with zero attached hydrogens (tertiary/aromatic N) is 2.